The molecule has 4 nitrogen and oxygen atoms in total. The first-order valence-electron chi connectivity index (χ1n) is 5.17. The second-order valence-electron chi connectivity index (χ2n) is 3.76. The number of hydrogen-bond donors (Lipinski definition) is 4. The molecule has 2 aromatic rings. The van der Waals surface area contributed by atoms with Crippen LogP contribution in [0.15, 0.2) is 21.1 Å². The molecule has 0 unspecified atom stereocenters. The van der Waals surface area contributed by atoms with Crippen LogP contribution < -0.4 is 9.55 Å². The Morgan fingerprint density at radius 1 is 0.842 bits per heavy atom. The van der Waals surface area contributed by atoms with Crippen LogP contribution in [0.2, 0.25) is 0 Å². The van der Waals surface area contributed by atoms with Crippen molar-refractivity contribution in [3.63, 3.8) is 0 Å². The van der Waals surface area contributed by atoms with Gasteiger partial charge in [-0.25, -0.2) is 0 Å². The van der Waals surface area contributed by atoms with Gasteiger partial charge in [0.15, 0.2) is 0 Å². The summed E-state index contributed by atoms with van der Waals surface area (Å²) in [6.07, 6.45) is 0.579. The van der Waals surface area contributed by atoms with E-state index in [1.54, 1.807) is 12.1 Å². The molecule has 0 amide bonds. The molecule has 100 valence electrons. The van der Waals surface area contributed by atoms with Crippen LogP contribution in [0.25, 0.3) is 0 Å². The monoisotopic (exact) mass is 424 g/mol. The summed E-state index contributed by atoms with van der Waals surface area (Å²) in [5.74, 6) is 0. The van der Waals surface area contributed by atoms with Gasteiger partial charge in [0.2, 0.25) is 0 Å². The summed E-state index contributed by atoms with van der Waals surface area (Å²) < 4.78 is 2.56. The average molecular weight is 426 g/mol. The van der Waals surface area contributed by atoms with E-state index in [9.17, 15) is 0 Å². The molecule has 0 radical (unpaired) electrons. The summed E-state index contributed by atoms with van der Waals surface area (Å²) in [4.78, 5) is 1.90. The highest BCUT2D eigenvalue weighted by Gasteiger charge is 2.20. The Morgan fingerprint density at radius 2 is 1.21 bits per heavy atom. The van der Waals surface area contributed by atoms with E-state index in [0.717, 1.165) is 18.7 Å². The number of thiophene rings is 2. The van der Waals surface area contributed by atoms with Gasteiger partial charge in [-0.3, -0.25) is 0 Å². The Hall–Kier alpha value is 0.330. The molecule has 0 aliphatic carbocycles. The first kappa shape index (κ1) is 15.7. The summed E-state index contributed by atoms with van der Waals surface area (Å²) in [6, 6.07) is 3.35. The minimum atomic E-state index is -1.48. The third-order valence-electron chi connectivity index (χ3n) is 2.38. The maximum Gasteiger partial charge on any atom is 0.499 e. The lowest BCUT2D eigenvalue weighted by Crippen LogP contribution is -2.26. The van der Waals surface area contributed by atoms with Gasteiger partial charge < -0.3 is 20.1 Å². The van der Waals surface area contributed by atoms with Crippen LogP contribution in [0.1, 0.15) is 9.75 Å². The second-order valence-corrected chi connectivity index (χ2v) is 7.81. The summed E-state index contributed by atoms with van der Waals surface area (Å²) in [7, 11) is -2.95. The Bertz CT molecular complexity index is 535. The molecule has 0 atom stereocenters. The Kier molecular flexibility index (Phi) is 5.29. The van der Waals surface area contributed by atoms with Crippen molar-refractivity contribution < 1.29 is 20.1 Å². The average Bonchev–Trinajstić information content (AvgIpc) is 2.85. The van der Waals surface area contributed by atoms with E-state index in [0.29, 0.717) is 16.0 Å². The fraction of sp³-hybridized carbons (Fsp3) is 0.111. The van der Waals surface area contributed by atoms with E-state index in [2.05, 4.69) is 31.9 Å². The van der Waals surface area contributed by atoms with Crippen molar-refractivity contribution in [2.45, 2.75) is 6.42 Å². The molecule has 0 aliphatic rings. The van der Waals surface area contributed by atoms with Crippen LogP contribution in [-0.2, 0) is 6.42 Å². The first-order chi connectivity index (χ1) is 8.88. The van der Waals surface area contributed by atoms with Crippen molar-refractivity contribution >= 4 is 78.3 Å². The molecular formula is C9H8B2Br2O4S2. The molecule has 0 aliphatic heterocycles. The predicted molar refractivity (Wildman–Crippen MR) is 86.5 cm³/mol. The van der Waals surface area contributed by atoms with Crippen molar-refractivity contribution in [1.29, 1.82) is 0 Å². The smallest absolute Gasteiger partial charge is 0.423 e. The van der Waals surface area contributed by atoms with Gasteiger partial charge in [0.1, 0.15) is 0 Å². The predicted octanol–water partition coefficient (Wildman–Crippen LogP) is 0.285. The molecule has 0 saturated carbocycles. The van der Waals surface area contributed by atoms with Gasteiger partial charge >= 0.3 is 14.2 Å². The van der Waals surface area contributed by atoms with Gasteiger partial charge in [-0.05, 0) is 44.0 Å². The van der Waals surface area contributed by atoms with Crippen LogP contribution >= 0.6 is 54.5 Å². The number of hydrogen-bond acceptors (Lipinski definition) is 6. The molecule has 0 fully saturated rings. The second kappa shape index (κ2) is 6.40. The van der Waals surface area contributed by atoms with Crippen LogP contribution in [-0.4, -0.2) is 34.3 Å². The summed E-state index contributed by atoms with van der Waals surface area (Å²) >= 11 is 9.37. The van der Waals surface area contributed by atoms with Gasteiger partial charge in [-0.2, -0.15) is 0 Å². The molecule has 4 N–H and O–H groups in total. The number of halogens is 2. The molecule has 0 spiro atoms. The molecular weight excluding hydrogens is 418 g/mol. The largest absolute Gasteiger partial charge is 0.499 e. The quantitative estimate of drug-likeness (QED) is 0.531. The van der Waals surface area contributed by atoms with Crippen LogP contribution in [0, 0.1) is 0 Å². The van der Waals surface area contributed by atoms with E-state index >= 15 is 0 Å². The highest BCUT2D eigenvalue weighted by molar-refractivity contribution is 9.11. The molecule has 19 heavy (non-hydrogen) atoms. The normalized spacial score (nSPS) is 10.8. The maximum atomic E-state index is 9.13. The van der Waals surface area contributed by atoms with Gasteiger partial charge in [0.25, 0.3) is 0 Å². The van der Waals surface area contributed by atoms with Gasteiger partial charge in [-0.15, -0.1) is 22.7 Å². The summed E-state index contributed by atoms with van der Waals surface area (Å²) in [5.41, 5.74) is 0. The Labute approximate surface area is 135 Å². The third kappa shape index (κ3) is 3.70. The molecule has 2 heterocycles. The number of rotatable bonds is 4. The van der Waals surface area contributed by atoms with Crippen molar-refractivity contribution in [1.82, 2.24) is 0 Å². The Morgan fingerprint density at radius 3 is 1.47 bits per heavy atom. The van der Waals surface area contributed by atoms with E-state index in [1.807, 2.05) is 0 Å². The van der Waals surface area contributed by atoms with Crippen molar-refractivity contribution in [2.24, 2.45) is 0 Å². The van der Waals surface area contributed by atoms with Crippen LogP contribution in [0.3, 0.4) is 0 Å². The molecule has 0 aromatic carbocycles. The molecule has 2 rings (SSSR count). The lowest BCUT2D eigenvalue weighted by atomic mass is 9.90. The minimum absolute atomic E-state index is 0.469. The van der Waals surface area contributed by atoms with E-state index in [4.69, 9.17) is 20.1 Å². The molecule has 10 heteroatoms. The fourth-order valence-corrected chi connectivity index (χ4v) is 5.03. The lowest BCUT2D eigenvalue weighted by molar-refractivity contribution is 0.425. The SMILES string of the molecule is OB(O)c1cc(Br)c(Cc2sc(B(O)O)cc2Br)s1. The zero-order chi connectivity index (χ0) is 14.2. The van der Waals surface area contributed by atoms with E-state index < -0.39 is 14.2 Å². The highest BCUT2D eigenvalue weighted by atomic mass is 79.9. The minimum Gasteiger partial charge on any atom is -0.423 e. The lowest BCUT2D eigenvalue weighted by Gasteiger charge is -1.97. The van der Waals surface area contributed by atoms with Crippen molar-refractivity contribution in [3.05, 3.63) is 30.8 Å². The Balaban J connectivity index is 2.26. The molecule has 2 aromatic heterocycles. The van der Waals surface area contributed by atoms with Crippen molar-refractivity contribution in [3.8, 4) is 0 Å². The van der Waals surface area contributed by atoms with Gasteiger partial charge in [-0.1, -0.05) is 0 Å². The summed E-state index contributed by atoms with van der Waals surface area (Å²) in [5, 5.41) is 36.5. The van der Waals surface area contributed by atoms with Gasteiger partial charge in [0.05, 0.1) is 0 Å². The molecule has 0 saturated heterocycles. The van der Waals surface area contributed by atoms with Crippen molar-refractivity contribution in [2.75, 3.05) is 0 Å². The van der Waals surface area contributed by atoms with E-state index in [-0.39, 0.29) is 0 Å². The summed E-state index contributed by atoms with van der Waals surface area (Å²) in [6.45, 7) is 0. The molecule has 0 bridgehead atoms. The zero-order valence-electron chi connectivity index (χ0n) is 9.38. The fourth-order valence-electron chi connectivity index (χ4n) is 1.49. The van der Waals surface area contributed by atoms with Crippen LogP contribution in [0.5, 0.6) is 0 Å². The first-order valence-corrected chi connectivity index (χ1v) is 8.39. The van der Waals surface area contributed by atoms with Crippen LogP contribution in [0.4, 0.5) is 0 Å². The third-order valence-corrected chi connectivity index (χ3v) is 6.67. The highest BCUT2D eigenvalue weighted by Crippen LogP contribution is 2.30. The topological polar surface area (TPSA) is 80.9 Å². The zero-order valence-corrected chi connectivity index (χ0v) is 14.2. The van der Waals surface area contributed by atoms with E-state index in [1.165, 1.54) is 22.7 Å². The maximum absolute atomic E-state index is 9.13. The van der Waals surface area contributed by atoms with Gasteiger partial charge in [0, 0.05) is 34.7 Å². The standard InChI is InChI=1S/C9H8B2Br2O4S2/c12-4-1-8(10(14)15)18-6(4)3-7-5(13)2-9(19-7)11(16)17/h1-2,14-17H,3H2.